The van der Waals surface area contributed by atoms with Gasteiger partial charge < -0.3 is 9.84 Å². The summed E-state index contributed by atoms with van der Waals surface area (Å²) in [6.45, 7) is 1.79. The Labute approximate surface area is 37.7 Å². The third-order valence-corrected chi connectivity index (χ3v) is 0.542. The summed E-state index contributed by atoms with van der Waals surface area (Å²) in [6, 6.07) is 0. The van der Waals surface area contributed by atoms with Gasteiger partial charge in [-0.3, -0.25) is 0 Å². The van der Waals surface area contributed by atoms with Crippen molar-refractivity contribution in [2.75, 3.05) is 6.61 Å². The van der Waals surface area contributed by atoms with Crippen LogP contribution in [-0.4, -0.2) is 17.8 Å². The van der Waals surface area contributed by atoms with Gasteiger partial charge in [0, 0.05) is 0 Å². The Morgan fingerprint density at radius 3 is 2.50 bits per heavy atom. The van der Waals surface area contributed by atoms with E-state index in [0.717, 1.165) is 0 Å². The molecule has 0 unspecified atom stereocenters. The van der Waals surface area contributed by atoms with Crippen LogP contribution in [0.15, 0.2) is 0 Å². The Morgan fingerprint density at radius 1 is 2.00 bits per heavy atom. The first-order valence-electron chi connectivity index (χ1n) is 1.83. The Bertz CT molecular complexity index is 24.7. The smallest absolute Gasteiger partial charge is 0.0778 e. The molecule has 0 bridgehead atoms. The van der Waals surface area contributed by atoms with Crippen LogP contribution >= 0.6 is 0 Å². The zero-order chi connectivity index (χ0) is 4.99. The lowest BCUT2D eigenvalue weighted by molar-refractivity contribution is 0.0872. The lowest BCUT2D eigenvalue weighted by Gasteiger charge is -2.00. The van der Waals surface area contributed by atoms with E-state index in [-0.39, 0.29) is 12.7 Å². The van der Waals surface area contributed by atoms with Crippen molar-refractivity contribution in [3.63, 3.8) is 0 Å². The molecule has 0 aliphatic heterocycles. The van der Waals surface area contributed by atoms with Gasteiger partial charge in [-0.2, -0.15) is 0 Å². The number of aliphatic hydroxyl groups is 1. The fraction of sp³-hybridized carbons (Fsp3) is 0.750. The molecule has 0 saturated carbocycles. The molecule has 0 aromatic rings. The zero-order valence-electron chi connectivity index (χ0n) is 3.85. The van der Waals surface area contributed by atoms with Crippen molar-refractivity contribution in [1.82, 2.24) is 0 Å². The highest BCUT2D eigenvalue weighted by molar-refractivity contribution is 4.40. The summed E-state index contributed by atoms with van der Waals surface area (Å²) < 4.78 is 4.40. The van der Waals surface area contributed by atoms with Gasteiger partial charge in [0.05, 0.1) is 19.8 Å². The van der Waals surface area contributed by atoms with E-state index in [9.17, 15) is 0 Å². The quantitative estimate of drug-likeness (QED) is 0.522. The minimum absolute atomic E-state index is 0.0451. The molecule has 0 heterocycles. The van der Waals surface area contributed by atoms with Crippen molar-refractivity contribution >= 4 is 0 Å². The Balaban J connectivity index is 2.75. The van der Waals surface area contributed by atoms with E-state index in [1.165, 1.54) is 0 Å². The third-order valence-electron chi connectivity index (χ3n) is 0.542. The minimum Gasteiger partial charge on any atom is -0.394 e. The van der Waals surface area contributed by atoms with Gasteiger partial charge in [-0.15, -0.1) is 0 Å². The highest BCUT2D eigenvalue weighted by atomic mass is 16.5. The van der Waals surface area contributed by atoms with Crippen LogP contribution in [0.3, 0.4) is 0 Å². The van der Waals surface area contributed by atoms with E-state index in [0.29, 0.717) is 0 Å². The molecule has 0 aliphatic rings. The largest absolute Gasteiger partial charge is 0.394 e. The summed E-state index contributed by atoms with van der Waals surface area (Å²) in [4.78, 5) is 0. The summed E-state index contributed by atoms with van der Waals surface area (Å²) in [5.74, 6) is 0. The summed E-state index contributed by atoms with van der Waals surface area (Å²) in [7, 11) is 3.10. The maximum atomic E-state index is 8.17. The van der Waals surface area contributed by atoms with Gasteiger partial charge in [0.15, 0.2) is 0 Å². The first-order chi connectivity index (χ1) is 2.81. The number of rotatable bonds is 2. The predicted molar refractivity (Wildman–Crippen MR) is 23.0 cm³/mol. The van der Waals surface area contributed by atoms with Gasteiger partial charge >= 0.3 is 0 Å². The second-order valence-electron chi connectivity index (χ2n) is 1.16. The van der Waals surface area contributed by atoms with Gasteiger partial charge in [-0.1, -0.05) is 0 Å². The molecule has 1 atom stereocenters. The molecular formula is C4H9O2. The normalized spacial score (nSPS) is 14.5. The second-order valence-corrected chi connectivity index (χ2v) is 1.16. The monoisotopic (exact) mass is 89.1 g/mol. The van der Waals surface area contributed by atoms with Gasteiger partial charge in [-0.25, -0.2) is 0 Å². The molecule has 0 amide bonds. The Hall–Kier alpha value is -0.0800. The van der Waals surface area contributed by atoms with Gasteiger partial charge in [0.2, 0.25) is 0 Å². The van der Waals surface area contributed by atoms with E-state index in [4.69, 9.17) is 5.11 Å². The molecule has 0 aromatic heterocycles. The highest BCUT2D eigenvalue weighted by Gasteiger charge is 1.90. The fourth-order valence-electron chi connectivity index (χ4n) is 0.0527. The predicted octanol–water partition coefficient (Wildman–Crippen LogP) is 0.175. The first-order valence-corrected chi connectivity index (χ1v) is 1.83. The zero-order valence-corrected chi connectivity index (χ0v) is 3.85. The number of hydrogen-bond acceptors (Lipinski definition) is 2. The highest BCUT2D eigenvalue weighted by Crippen LogP contribution is 1.81. The van der Waals surface area contributed by atoms with Crippen LogP contribution in [0.5, 0.6) is 0 Å². The van der Waals surface area contributed by atoms with E-state index in [1.54, 1.807) is 6.92 Å². The molecule has 2 nitrogen and oxygen atoms in total. The molecule has 0 rings (SSSR count). The SMILES string of the molecule is [CH2]O[C@H](C)CO. The van der Waals surface area contributed by atoms with E-state index >= 15 is 0 Å². The Kier molecular flexibility index (Phi) is 3.08. The van der Waals surface area contributed by atoms with Crippen molar-refractivity contribution in [2.45, 2.75) is 13.0 Å². The summed E-state index contributed by atoms with van der Waals surface area (Å²) >= 11 is 0. The maximum Gasteiger partial charge on any atom is 0.0778 e. The minimum atomic E-state index is -0.120. The second kappa shape index (κ2) is 3.12. The van der Waals surface area contributed by atoms with Crippen molar-refractivity contribution in [2.24, 2.45) is 0 Å². The number of ether oxygens (including phenoxy) is 1. The molecule has 0 saturated heterocycles. The molecule has 2 heteroatoms. The standard InChI is InChI=1S/C4H9O2/c1-4(3-5)6-2/h4-5H,2-3H2,1H3/t4-/m1/s1. The molecular weight excluding hydrogens is 80.0 g/mol. The Morgan fingerprint density at radius 2 is 2.50 bits per heavy atom. The van der Waals surface area contributed by atoms with Crippen molar-refractivity contribution in [3.05, 3.63) is 7.11 Å². The van der Waals surface area contributed by atoms with Gasteiger partial charge in [0.25, 0.3) is 0 Å². The van der Waals surface area contributed by atoms with Gasteiger partial charge in [0.1, 0.15) is 0 Å². The molecule has 0 spiro atoms. The number of aliphatic hydroxyl groups excluding tert-OH is 1. The van der Waals surface area contributed by atoms with Crippen LogP contribution < -0.4 is 0 Å². The molecule has 0 aliphatic carbocycles. The van der Waals surface area contributed by atoms with Gasteiger partial charge in [-0.05, 0) is 6.92 Å². The molecule has 6 heavy (non-hydrogen) atoms. The summed E-state index contributed by atoms with van der Waals surface area (Å²) in [5, 5.41) is 8.17. The molecule has 0 fully saturated rings. The van der Waals surface area contributed by atoms with Crippen LogP contribution in [0.25, 0.3) is 0 Å². The van der Waals surface area contributed by atoms with Crippen LogP contribution in [-0.2, 0) is 4.74 Å². The summed E-state index contributed by atoms with van der Waals surface area (Å²) in [6.07, 6.45) is -0.120. The lowest BCUT2D eigenvalue weighted by atomic mass is 10.4. The average molecular weight is 89.1 g/mol. The lowest BCUT2D eigenvalue weighted by Crippen LogP contribution is -2.07. The summed E-state index contributed by atoms with van der Waals surface area (Å²) in [5.41, 5.74) is 0. The topological polar surface area (TPSA) is 29.5 Å². The van der Waals surface area contributed by atoms with E-state index < -0.39 is 0 Å². The van der Waals surface area contributed by atoms with Crippen molar-refractivity contribution in [1.29, 1.82) is 0 Å². The average Bonchev–Trinajstić information content (AvgIpc) is 1.65. The van der Waals surface area contributed by atoms with Crippen LogP contribution in [0.2, 0.25) is 0 Å². The van der Waals surface area contributed by atoms with Crippen molar-refractivity contribution < 1.29 is 9.84 Å². The third kappa shape index (κ3) is 2.18. The number of hydrogen-bond donors (Lipinski definition) is 1. The molecule has 0 aromatic carbocycles. The molecule has 1 radical (unpaired) electrons. The van der Waals surface area contributed by atoms with Crippen molar-refractivity contribution in [3.8, 4) is 0 Å². The fourth-order valence-corrected chi connectivity index (χ4v) is 0.0527. The first kappa shape index (κ1) is 5.92. The van der Waals surface area contributed by atoms with Crippen LogP contribution in [0.1, 0.15) is 6.92 Å². The van der Waals surface area contributed by atoms with E-state index in [2.05, 4.69) is 11.8 Å². The van der Waals surface area contributed by atoms with Crippen LogP contribution in [0.4, 0.5) is 0 Å². The molecule has 37 valence electrons. The van der Waals surface area contributed by atoms with E-state index in [1.807, 2.05) is 0 Å². The molecule has 1 N–H and O–H groups in total. The van der Waals surface area contributed by atoms with Crippen LogP contribution in [0, 0.1) is 7.11 Å². The maximum absolute atomic E-state index is 8.17.